The first-order valence-corrected chi connectivity index (χ1v) is 11.2. The molecule has 5 rings (SSSR count). The van der Waals surface area contributed by atoms with Gasteiger partial charge < -0.3 is 20.4 Å². The van der Waals surface area contributed by atoms with Crippen LogP contribution in [0.15, 0.2) is 71.3 Å². The van der Waals surface area contributed by atoms with Crippen molar-refractivity contribution < 1.29 is 14.0 Å². The van der Waals surface area contributed by atoms with Gasteiger partial charge in [0.15, 0.2) is 5.69 Å². The molecule has 3 amide bonds. The van der Waals surface area contributed by atoms with E-state index < -0.39 is 0 Å². The topological polar surface area (TPSA) is 101 Å². The molecule has 0 spiro atoms. The fraction of sp³-hybridized carbons (Fsp3) is 0.192. The molecule has 0 saturated heterocycles. The maximum absolute atomic E-state index is 13.1. The summed E-state index contributed by atoms with van der Waals surface area (Å²) in [5.74, 6) is 0.437. The van der Waals surface area contributed by atoms with Crippen LogP contribution in [0.1, 0.15) is 39.5 Å². The largest absolute Gasteiger partial charge is 0.467 e. The summed E-state index contributed by atoms with van der Waals surface area (Å²) in [5, 5.41) is 13.1. The quantitative estimate of drug-likeness (QED) is 0.387. The Morgan fingerprint density at radius 3 is 2.47 bits per heavy atom. The van der Waals surface area contributed by atoms with Gasteiger partial charge in [-0.05, 0) is 74.2 Å². The number of amides is 3. The van der Waals surface area contributed by atoms with Crippen LogP contribution in [-0.4, -0.2) is 21.7 Å². The number of aryl methyl sites for hydroxylation is 1. The highest BCUT2D eigenvalue weighted by Crippen LogP contribution is 2.29. The molecule has 172 valence electrons. The highest BCUT2D eigenvalue weighted by molar-refractivity contribution is 6.04. The van der Waals surface area contributed by atoms with Crippen molar-refractivity contribution in [3.05, 3.63) is 95.2 Å². The molecule has 0 radical (unpaired) electrons. The molecule has 2 heterocycles. The van der Waals surface area contributed by atoms with Gasteiger partial charge in [-0.3, -0.25) is 4.79 Å². The second kappa shape index (κ2) is 9.27. The lowest BCUT2D eigenvalue weighted by Crippen LogP contribution is -2.27. The van der Waals surface area contributed by atoms with Crippen molar-refractivity contribution in [3.63, 3.8) is 0 Å². The average Bonchev–Trinajstić information content (AvgIpc) is 3.58. The molecule has 3 N–H and O–H groups in total. The fourth-order valence-electron chi connectivity index (χ4n) is 4.20. The molecular weight excluding hydrogens is 430 g/mol. The van der Waals surface area contributed by atoms with Gasteiger partial charge in [-0.1, -0.05) is 18.2 Å². The van der Waals surface area contributed by atoms with Crippen LogP contribution >= 0.6 is 0 Å². The lowest BCUT2D eigenvalue weighted by atomic mass is 10.1. The number of carbonyl (C=O) groups is 2. The van der Waals surface area contributed by atoms with Crippen molar-refractivity contribution in [3.8, 4) is 5.69 Å². The van der Waals surface area contributed by atoms with Crippen LogP contribution in [0.5, 0.6) is 0 Å². The first-order valence-electron chi connectivity index (χ1n) is 11.2. The van der Waals surface area contributed by atoms with E-state index in [1.54, 1.807) is 42.7 Å². The highest BCUT2D eigenvalue weighted by Gasteiger charge is 2.27. The minimum atomic E-state index is -0.342. The third kappa shape index (κ3) is 4.43. The Balaban J connectivity index is 1.26. The number of rotatable bonds is 6. The van der Waals surface area contributed by atoms with E-state index in [1.807, 2.05) is 35.9 Å². The van der Waals surface area contributed by atoms with E-state index in [4.69, 9.17) is 4.42 Å². The van der Waals surface area contributed by atoms with E-state index in [1.165, 1.54) is 0 Å². The van der Waals surface area contributed by atoms with Gasteiger partial charge in [0.05, 0.1) is 18.5 Å². The second-order valence-electron chi connectivity index (χ2n) is 8.24. The van der Waals surface area contributed by atoms with Crippen molar-refractivity contribution in [2.75, 3.05) is 10.6 Å². The van der Waals surface area contributed by atoms with Crippen molar-refractivity contribution in [2.45, 2.75) is 32.7 Å². The smallest absolute Gasteiger partial charge is 0.319 e. The van der Waals surface area contributed by atoms with Gasteiger partial charge in [0, 0.05) is 22.6 Å². The molecule has 1 aliphatic rings. The van der Waals surface area contributed by atoms with E-state index >= 15 is 0 Å². The Bertz CT molecular complexity index is 1320. The molecule has 2 aromatic heterocycles. The molecule has 4 aromatic rings. The molecule has 0 fully saturated rings. The number of aromatic nitrogens is 2. The van der Waals surface area contributed by atoms with Gasteiger partial charge in [-0.25, -0.2) is 9.48 Å². The van der Waals surface area contributed by atoms with Gasteiger partial charge in [0.25, 0.3) is 5.91 Å². The average molecular weight is 456 g/mol. The summed E-state index contributed by atoms with van der Waals surface area (Å²) in [7, 11) is 0. The third-order valence-electron chi connectivity index (χ3n) is 5.89. The Kier molecular flexibility index (Phi) is 5.86. The molecule has 34 heavy (non-hydrogen) atoms. The van der Waals surface area contributed by atoms with Crippen LogP contribution < -0.4 is 16.0 Å². The summed E-state index contributed by atoms with van der Waals surface area (Å²) in [4.78, 5) is 25.2. The second-order valence-corrected chi connectivity index (χ2v) is 8.24. The number of anilines is 2. The van der Waals surface area contributed by atoms with E-state index in [2.05, 4.69) is 21.0 Å². The Morgan fingerprint density at radius 1 is 0.971 bits per heavy atom. The van der Waals surface area contributed by atoms with E-state index in [0.29, 0.717) is 29.4 Å². The fourth-order valence-corrected chi connectivity index (χ4v) is 4.20. The first-order chi connectivity index (χ1) is 16.6. The molecule has 0 bridgehead atoms. The summed E-state index contributed by atoms with van der Waals surface area (Å²) >= 11 is 0. The van der Waals surface area contributed by atoms with Crippen LogP contribution in [0.4, 0.5) is 16.2 Å². The zero-order valence-corrected chi connectivity index (χ0v) is 18.8. The van der Waals surface area contributed by atoms with Crippen molar-refractivity contribution >= 4 is 23.3 Å². The molecule has 0 aliphatic heterocycles. The maximum atomic E-state index is 13.1. The van der Waals surface area contributed by atoms with Crippen LogP contribution in [-0.2, 0) is 19.4 Å². The van der Waals surface area contributed by atoms with Gasteiger partial charge in [0.2, 0.25) is 0 Å². The summed E-state index contributed by atoms with van der Waals surface area (Å²) in [5.41, 5.74) is 5.95. The van der Waals surface area contributed by atoms with E-state index in [9.17, 15) is 9.59 Å². The van der Waals surface area contributed by atoms with Gasteiger partial charge in [-0.2, -0.15) is 5.10 Å². The molecule has 1 aliphatic carbocycles. The Labute approximate surface area is 197 Å². The lowest BCUT2D eigenvalue weighted by molar-refractivity contribution is 0.102. The zero-order valence-electron chi connectivity index (χ0n) is 18.8. The number of furan rings is 1. The minimum absolute atomic E-state index is 0.234. The third-order valence-corrected chi connectivity index (χ3v) is 5.89. The first kappa shape index (κ1) is 21.5. The van der Waals surface area contributed by atoms with Crippen LogP contribution in [0, 0.1) is 6.92 Å². The number of benzene rings is 2. The van der Waals surface area contributed by atoms with Crippen LogP contribution in [0.25, 0.3) is 5.69 Å². The van der Waals surface area contributed by atoms with Gasteiger partial charge >= 0.3 is 6.03 Å². The monoisotopic (exact) mass is 455 g/mol. The van der Waals surface area contributed by atoms with E-state index in [-0.39, 0.29) is 11.9 Å². The Hall–Kier alpha value is -4.33. The summed E-state index contributed by atoms with van der Waals surface area (Å²) in [6, 6.07) is 18.2. The molecule has 0 atom stereocenters. The molecular formula is C26H25N5O3. The molecule has 8 nitrogen and oxygen atoms in total. The van der Waals surface area contributed by atoms with Gasteiger partial charge in [-0.15, -0.1) is 0 Å². The SMILES string of the molecule is Cc1ccccc1-n1nc(C(=O)Nc2ccc(NC(=O)NCc3ccco3)cc2)c2c1CCC2. The molecule has 8 heteroatoms. The molecule has 0 saturated carbocycles. The molecule has 0 unspecified atom stereocenters. The predicted molar refractivity (Wildman–Crippen MR) is 129 cm³/mol. The summed E-state index contributed by atoms with van der Waals surface area (Å²) in [6.45, 7) is 2.34. The lowest BCUT2D eigenvalue weighted by Gasteiger charge is -2.09. The summed E-state index contributed by atoms with van der Waals surface area (Å²) < 4.78 is 7.11. The van der Waals surface area contributed by atoms with E-state index in [0.717, 1.165) is 41.8 Å². The zero-order chi connectivity index (χ0) is 23.5. The number of fused-ring (bicyclic) bond motifs is 1. The van der Waals surface area contributed by atoms with Crippen LogP contribution in [0.3, 0.4) is 0 Å². The highest BCUT2D eigenvalue weighted by atomic mass is 16.3. The number of hydrogen-bond donors (Lipinski definition) is 3. The molecule has 2 aromatic carbocycles. The number of urea groups is 1. The standard InChI is InChI=1S/C26H25N5O3/c1-17-6-2-3-9-22(17)31-23-10-4-8-21(23)24(30-31)25(32)28-18-11-13-19(14-12-18)29-26(33)27-16-20-7-5-15-34-20/h2-3,5-7,9,11-15H,4,8,10,16H2,1H3,(H,28,32)(H2,27,29,33). The number of para-hydroxylation sites is 1. The van der Waals surface area contributed by atoms with Crippen LogP contribution in [0.2, 0.25) is 0 Å². The number of nitrogens with one attached hydrogen (secondary N) is 3. The maximum Gasteiger partial charge on any atom is 0.319 e. The number of nitrogens with zero attached hydrogens (tertiary/aromatic N) is 2. The number of hydrogen-bond acceptors (Lipinski definition) is 4. The Morgan fingerprint density at radius 2 is 1.74 bits per heavy atom. The predicted octanol–water partition coefficient (Wildman–Crippen LogP) is 4.84. The minimum Gasteiger partial charge on any atom is -0.467 e. The van der Waals surface area contributed by atoms with Gasteiger partial charge in [0.1, 0.15) is 5.76 Å². The van der Waals surface area contributed by atoms with Crippen molar-refractivity contribution in [1.29, 1.82) is 0 Å². The van der Waals surface area contributed by atoms with Crippen molar-refractivity contribution in [2.24, 2.45) is 0 Å². The number of carbonyl (C=O) groups excluding carboxylic acids is 2. The summed E-state index contributed by atoms with van der Waals surface area (Å²) in [6.07, 6.45) is 4.33. The normalized spacial score (nSPS) is 12.3. The van der Waals surface area contributed by atoms with Crippen molar-refractivity contribution in [1.82, 2.24) is 15.1 Å².